The molecule has 0 aromatic rings. The van der Waals surface area contributed by atoms with Crippen molar-refractivity contribution in [1.29, 1.82) is 0 Å². The van der Waals surface area contributed by atoms with Gasteiger partial charge in [0.05, 0.1) is 12.6 Å². The summed E-state index contributed by atoms with van der Waals surface area (Å²) in [5.74, 6) is 0. The average Bonchev–Trinajstić information content (AvgIpc) is 2.86. The van der Waals surface area contributed by atoms with Crippen LogP contribution in [0.5, 0.6) is 0 Å². The Hall–Kier alpha value is -0.260. The molecule has 0 spiro atoms. The molecule has 5 heteroatoms. The van der Waals surface area contributed by atoms with Crippen molar-refractivity contribution in [2.45, 2.75) is 50.0 Å². The first kappa shape index (κ1) is 13.7. The number of nitrogens with zero attached hydrogens (tertiary/aromatic N) is 3. The van der Waals surface area contributed by atoms with E-state index >= 15 is 0 Å². The fraction of sp³-hybridized carbons (Fsp3) is 0.929. The number of aliphatic hydroxyl groups excluding tert-OH is 1. The number of piperazine rings is 1. The highest BCUT2D eigenvalue weighted by atomic mass is 32.2. The minimum absolute atomic E-state index is 0.0986. The van der Waals surface area contributed by atoms with E-state index in [1.54, 1.807) is 0 Å². The zero-order valence-electron chi connectivity index (χ0n) is 11.8. The van der Waals surface area contributed by atoms with Gasteiger partial charge in [0.25, 0.3) is 0 Å². The molecule has 0 radical (unpaired) electrons. The zero-order chi connectivity index (χ0) is 13.2. The molecule has 108 valence electrons. The van der Waals surface area contributed by atoms with Crippen LogP contribution in [0, 0.1) is 0 Å². The molecular weight excluding hydrogens is 258 g/mol. The van der Waals surface area contributed by atoms with E-state index in [0.717, 1.165) is 39.1 Å². The molecule has 2 heterocycles. The number of hydrogen-bond donors (Lipinski definition) is 1. The van der Waals surface area contributed by atoms with Crippen LogP contribution >= 0.6 is 11.8 Å². The van der Waals surface area contributed by atoms with Gasteiger partial charge in [-0.05, 0) is 12.8 Å². The quantitative estimate of drug-likeness (QED) is 0.789. The fourth-order valence-corrected chi connectivity index (χ4v) is 4.39. The third kappa shape index (κ3) is 3.09. The van der Waals surface area contributed by atoms with Gasteiger partial charge in [-0.2, -0.15) is 0 Å². The van der Waals surface area contributed by atoms with Crippen molar-refractivity contribution >= 4 is 16.9 Å². The van der Waals surface area contributed by atoms with Gasteiger partial charge in [0.15, 0.2) is 5.17 Å². The lowest BCUT2D eigenvalue weighted by molar-refractivity contribution is 0.00533. The number of aliphatic hydroxyl groups is 1. The molecule has 3 atom stereocenters. The van der Waals surface area contributed by atoms with Crippen molar-refractivity contribution in [2.24, 2.45) is 4.99 Å². The summed E-state index contributed by atoms with van der Waals surface area (Å²) >= 11 is 1.92. The normalized spacial score (nSPS) is 37.5. The van der Waals surface area contributed by atoms with Crippen LogP contribution in [0.15, 0.2) is 4.99 Å². The highest BCUT2D eigenvalue weighted by Crippen LogP contribution is 2.27. The van der Waals surface area contributed by atoms with Gasteiger partial charge < -0.3 is 10.0 Å². The van der Waals surface area contributed by atoms with E-state index in [4.69, 9.17) is 0 Å². The Morgan fingerprint density at radius 1 is 1.16 bits per heavy atom. The first-order chi connectivity index (χ1) is 9.24. The molecule has 3 aliphatic rings. The Kier molecular flexibility index (Phi) is 4.34. The van der Waals surface area contributed by atoms with Crippen molar-refractivity contribution < 1.29 is 5.11 Å². The molecule has 1 saturated heterocycles. The summed E-state index contributed by atoms with van der Waals surface area (Å²) in [5, 5.41) is 12.0. The summed E-state index contributed by atoms with van der Waals surface area (Å²) in [6.45, 7) is 7.52. The van der Waals surface area contributed by atoms with E-state index in [1.807, 2.05) is 11.8 Å². The van der Waals surface area contributed by atoms with Gasteiger partial charge in [-0.25, -0.2) is 0 Å². The second-order valence-corrected chi connectivity index (χ2v) is 7.40. The molecule has 0 aromatic heterocycles. The van der Waals surface area contributed by atoms with E-state index in [-0.39, 0.29) is 6.10 Å². The molecule has 0 aromatic carbocycles. The van der Waals surface area contributed by atoms with Crippen molar-refractivity contribution in [1.82, 2.24) is 9.80 Å². The molecule has 19 heavy (non-hydrogen) atoms. The topological polar surface area (TPSA) is 39.1 Å². The molecule has 3 unspecified atom stereocenters. The maximum Gasteiger partial charge on any atom is 0.159 e. The first-order valence-corrected chi connectivity index (χ1v) is 8.50. The summed E-state index contributed by atoms with van der Waals surface area (Å²) in [4.78, 5) is 9.56. The smallest absolute Gasteiger partial charge is 0.159 e. The third-order valence-corrected chi connectivity index (χ3v) is 5.69. The average molecular weight is 283 g/mol. The fourth-order valence-electron chi connectivity index (χ4n) is 3.40. The molecule has 1 saturated carbocycles. The zero-order valence-corrected chi connectivity index (χ0v) is 12.6. The Morgan fingerprint density at radius 3 is 2.53 bits per heavy atom. The van der Waals surface area contributed by atoms with E-state index in [0.29, 0.717) is 11.3 Å². The molecule has 4 nitrogen and oxygen atoms in total. The number of amidine groups is 1. The minimum Gasteiger partial charge on any atom is -0.391 e. The molecule has 3 rings (SSSR count). The lowest BCUT2D eigenvalue weighted by Gasteiger charge is -2.43. The van der Waals surface area contributed by atoms with E-state index in [1.165, 1.54) is 24.4 Å². The van der Waals surface area contributed by atoms with Gasteiger partial charge in [-0.3, -0.25) is 9.89 Å². The van der Waals surface area contributed by atoms with Crippen LogP contribution in [-0.4, -0.2) is 70.2 Å². The van der Waals surface area contributed by atoms with Crippen LogP contribution in [0.25, 0.3) is 0 Å². The molecule has 1 N–H and O–H groups in total. The highest BCUT2D eigenvalue weighted by Gasteiger charge is 2.32. The second kappa shape index (κ2) is 6.02. The van der Waals surface area contributed by atoms with Gasteiger partial charge in [-0.1, -0.05) is 31.5 Å². The van der Waals surface area contributed by atoms with Crippen LogP contribution in [-0.2, 0) is 0 Å². The summed E-state index contributed by atoms with van der Waals surface area (Å²) in [6, 6.07) is 0.410. The Labute approximate surface area is 120 Å². The second-order valence-electron chi connectivity index (χ2n) is 5.99. The highest BCUT2D eigenvalue weighted by molar-refractivity contribution is 8.14. The predicted octanol–water partition coefficient (Wildman–Crippen LogP) is 1.40. The van der Waals surface area contributed by atoms with Crippen molar-refractivity contribution in [2.75, 3.05) is 32.7 Å². The molecule has 2 aliphatic heterocycles. The summed E-state index contributed by atoms with van der Waals surface area (Å²) in [6.07, 6.45) is 4.54. The number of aliphatic imine (C=N–C) groups is 1. The number of thioether (sulfide) groups is 1. The first-order valence-electron chi connectivity index (χ1n) is 7.62. The van der Waals surface area contributed by atoms with Gasteiger partial charge >= 0.3 is 0 Å². The predicted molar refractivity (Wildman–Crippen MR) is 80.8 cm³/mol. The Bertz CT molecular complexity index is 342. The Morgan fingerprint density at radius 2 is 1.89 bits per heavy atom. The monoisotopic (exact) mass is 283 g/mol. The molecule has 1 aliphatic carbocycles. The van der Waals surface area contributed by atoms with E-state index < -0.39 is 0 Å². The number of rotatable bonds is 1. The van der Waals surface area contributed by atoms with Crippen molar-refractivity contribution in [3.05, 3.63) is 0 Å². The maximum atomic E-state index is 10.2. The lowest BCUT2D eigenvalue weighted by Crippen LogP contribution is -2.55. The van der Waals surface area contributed by atoms with E-state index in [9.17, 15) is 5.11 Å². The van der Waals surface area contributed by atoms with Crippen LogP contribution in [0.1, 0.15) is 32.6 Å². The van der Waals surface area contributed by atoms with Crippen molar-refractivity contribution in [3.63, 3.8) is 0 Å². The summed E-state index contributed by atoms with van der Waals surface area (Å²) in [7, 11) is 0. The molecule has 2 fully saturated rings. The largest absolute Gasteiger partial charge is 0.391 e. The molecule has 0 amide bonds. The lowest BCUT2D eigenvalue weighted by atomic mass is 9.91. The van der Waals surface area contributed by atoms with Gasteiger partial charge in [-0.15, -0.1) is 0 Å². The van der Waals surface area contributed by atoms with Gasteiger partial charge in [0, 0.05) is 37.5 Å². The standard InChI is InChI=1S/C14H25N3OS/c1-11-10-15-14(19-11)17-8-6-16(7-9-17)12-4-2-3-5-13(12)18/h11-13,18H,2-10H2,1H3. The Balaban J connectivity index is 1.51. The molecular formula is C14H25N3OS. The maximum absolute atomic E-state index is 10.2. The number of hydrogen-bond acceptors (Lipinski definition) is 5. The van der Waals surface area contributed by atoms with Crippen LogP contribution < -0.4 is 0 Å². The van der Waals surface area contributed by atoms with Crippen LogP contribution in [0.2, 0.25) is 0 Å². The van der Waals surface area contributed by atoms with Crippen molar-refractivity contribution in [3.8, 4) is 0 Å². The summed E-state index contributed by atoms with van der Waals surface area (Å²) < 4.78 is 0. The van der Waals surface area contributed by atoms with Gasteiger partial charge in [0.1, 0.15) is 0 Å². The van der Waals surface area contributed by atoms with E-state index in [2.05, 4.69) is 21.7 Å². The van der Waals surface area contributed by atoms with Gasteiger partial charge in [0.2, 0.25) is 0 Å². The van der Waals surface area contributed by atoms with Crippen LogP contribution in [0.4, 0.5) is 0 Å². The summed E-state index contributed by atoms with van der Waals surface area (Å²) in [5.41, 5.74) is 0. The molecule has 0 bridgehead atoms. The SMILES string of the molecule is CC1CN=C(N2CCN(C3CCCCC3O)CC2)S1. The van der Waals surface area contributed by atoms with Crippen LogP contribution in [0.3, 0.4) is 0 Å². The minimum atomic E-state index is -0.0986. The third-order valence-electron chi connectivity index (χ3n) is 4.54.